The molecule has 2 aromatic carbocycles. The van der Waals surface area contributed by atoms with Crippen LogP contribution in [0.2, 0.25) is 0 Å². The van der Waals surface area contributed by atoms with Crippen LogP contribution in [0, 0.1) is 27.3 Å². The summed E-state index contributed by atoms with van der Waals surface area (Å²) in [6.07, 6.45) is 0. The summed E-state index contributed by atoms with van der Waals surface area (Å²) in [5.41, 5.74) is 0.0928. The SMILES string of the molecule is N#Cc1ccc(OCc2cc(Br)ccc2F)c([N+](=O)[O-])c1. The van der Waals surface area contributed by atoms with Crippen molar-refractivity contribution in [3.05, 3.63) is 67.9 Å². The van der Waals surface area contributed by atoms with Crippen molar-refractivity contribution >= 4 is 21.6 Å². The fraction of sp³-hybridized carbons (Fsp3) is 0.0714. The van der Waals surface area contributed by atoms with Gasteiger partial charge in [0.2, 0.25) is 0 Å². The highest BCUT2D eigenvalue weighted by Crippen LogP contribution is 2.29. The molecule has 0 aliphatic carbocycles. The highest BCUT2D eigenvalue weighted by atomic mass is 79.9. The van der Waals surface area contributed by atoms with Crippen LogP contribution in [0.3, 0.4) is 0 Å². The van der Waals surface area contributed by atoms with Gasteiger partial charge in [0.05, 0.1) is 16.6 Å². The first-order valence-corrected chi connectivity index (χ1v) is 6.56. The highest BCUT2D eigenvalue weighted by Gasteiger charge is 2.16. The predicted molar refractivity (Wildman–Crippen MR) is 76.2 cm³/mol. The molecule has 5 nitrogen and oxygen atoms in total. The van der Waals surface area contributed by atoms with Crippen LogP contribution in [0.25, 0.3) is 0 Å². The highest BCUT2D eigenvalue weighted by molar-refractivity contribution is 9.10. The van der Waals surface area contributed by atoms with Crippen molar-refractivity contribution in [3.63, 3.8) is 0 Å². The normalized spacial score (nSPS) is 9.95. The summed E-state index contributed by atoms with van der Waals surface area (Å²) in [6.45, 7) is -0.155. The molecule has 0 amide bonds. The molecule has 0 N–H and O–H groups in total. The average Bonchev–Trinajstić information content (AvgIpc) is 2.48. The molecule has 7 heteroatoms. The monoisotopic (exact) mass is 350 g/mol. The number of ether oxygens (including phenoxy) is 1. The molecule has 0 unspecified atom stereocenters. The summed E-state index contributed by atoms with van der Waals surface area (Å²) in [4.78, 5) is 10.3. The summed E-state index contributed by atoms with van der Waals surface area (Å²) in [5.74, 6) is -0.479. The Bertz CT molecular complexity index is 743. The summed E-state index contributed by atoms with van der Waals surface area (Å²) < 4.78 is 19.6. The largest absolute Gasteiger partial charge is 0.482 e. The molecule has 0 heterocycles. The zero-order valence-electron chi connectivity index (χ0n) is 10.5. The number of nitro groups is 1. The summed E-state index contributed by atoms with van der Waals surface area (Å²) in [6, 6.07) is 10.0. The molecule has 0 aromatic heterocycles. The topological polar surface area (TPSA) is 76.2 Å². The number of halogens is 2. The Labute approximate surface area is 127 Å². The van der Waals surface area contributed by atoms with E-state index in [1.54, 1.807) is 6.07 Å². The zero-order valence-corrected chi connectivity index (χ0v) is 12.1. The molecule has 0 bridgehead atoms. The van der Waals surface area contributed by atoms with Gasteiger partial charge in [-0.3, -0.25) is 10.1 Å². The van der Waals surface area contributed by atoms with Crippen LogP contribution in [0.5, 0.6) is 5.75 Å². The van der Waals surface area contributed by atoms with E-state index in [0.29, 0.717) is 4.47 Å². The molecule has 106 valence electrons. The van der Waals surface area contributed by atoms with E-state index in [-0.39, 0.29) is 29.2 Å². The van der Waals surface area contributed by atoms with Crippen molar-refractivity contribution in [3.8, 4) is 11.8 Å². The van der Waals surface area contributed by atoms with Crippen molar-refractivity contribution in [2.45, 2.75) is 6.61 Å². The number of hydrogen-bond donors (Lipinski definition) is 0. The van der Waals surface area contributed by atoms with Crippen LogP contribution in [0.1, 0.15) is 11.1 Å². The Morgan fingerprint density at radius 1 is 1.33 bits per heavy atom. The number of nitrogens with zero attached hydrogens (tertiary/aromatic N) is 2. The van der Waals surface area contributed by atoms with E-state index in [1.807, 2.05) is 6.07 Å². The third-order valence-electron chi connectivity index (χ3n) is 2.68. The van der Waals surface area contributed by atoms with Gasteiger partial charge in [0, 0.05) is 16.1 Å². The number of benzene rings is 2. The van der Waals surface area contributed by atoms with Crippen LogP contribution in [-0.4, -0.2) is 4.92 Å². The quantitative estimate of drug-likeness (QED) is 0.617. The fourth-order valence-corrected chi connectivity index (χ4v) is 2.07. The second-order valence-electron chi connectivity index (χ2n) is 4.08. The van der Waals surface area contributed by atoms with Gasteiger partial charge in [-0.25, -0.2) is 4.39 Å². The van der Waals surface area contributed by atoms with E-state index in [9.17, 15) is 14.5 Å². The summed E-state index contributed by atoms with van der Waals surface area (Å²) >= 11 is 3.21. The molecule has 0 aliphatic rings. The second-order valence-corrected chi connectivity index (χ2v) is 4.99. The van der Waals surface area contributed by atoms with Gasteiger partial charge in [-0.1, -0.05) is 15.9 Å². The van der Waals surface area contributed by atoms with Crippen molar-refractivity contribution in [2.75, 3.05) is 0 Å². The fourth-order valence-electron chi connectivity index (χ4n) is 1.66. The average molecular weight is 351 g/mol. The Balaban J connectivity index is 2.26. The first-order valence-electron chi connectivity index (χ1n) is 5.76. The predicted octanol–water partition coefficient (Wildman–Crippen LogP) is 3.95. The van der Waals surface area contributed by atoms with Crippen molar-refractivity contribution in [1.82, 2.24) is 0 Å². The molecule has 2 aromatic rings. The van der Waals surface area contributed by atoms with Gasteiger partial charge in [-0.05, 0) is 30.3 Å². The Hall–Kier alpha value is -2.46. The minimum absolute atomic E-state index is 0.0154. The van der Waals surface area contributed by atoms with Crippen molar-refractivity contribution in [1.29, 1.82) is 5.26 Å². The number of hydrogen-bond acceptors (Lipinski definition) is 4. The standard InChI is InChI=1S/C14H8BrFN2O3/c15-11-2-3-12(16)10(6-11)8-21-14-4-1-9(7-17)5-13(14)18(19)20/h1-6H,8H2. The van der Waals surface area contributed by atoms with Gasteiger partial charge >= 0.3 is 5.69 Å². The molecule has 0 spiro atoms. The van der Waals surface area contributed by atoms with Crippen LogP contribution < -0.4 is 4.74 Å². The van der Waals surface area contributed by atoms with Crippen LogP contribution in [0.15, 0.2) is 40.9 Å². The van der Waals surface area contributed by atoms with Gasteiger partial charge in [0.15, 0.2) is 5.75 Å². The van der Waals surface area contributed by atoms with E-state index in [0.717, 1.165) is 6.07 Å². The van der Waals surface area contributed by atoms with E-state index >= 15 is 0 Å². The lowest BCUT2D eigenvalue weighted by Gasteiger charge is -2.08. The minimum Gasteiger partial charge on any atom is -0.482 e. The first-order chi connectivity index (χ1) is 10.0. The number of rotatable bonds is 4. The van der Waals surface area contributed by atoms with Gasteiger partial charge in [-0.2, -0.15) is 5.26 Å². The van der Waals surface area contributed by atoms with Crippen molar-refractivity contribution < 1.29 is 14.1 Å². The lowest BCUT2D eigenvalue weighted by molar-refractivity contribution is -0.386. The van der Waals surface area contributed by atoms with Crippen molar-refractivity contribution in [2.24, 2.45) is 0 Å². The van der Waals surface area contributed by atoms with Crippen LogP contribution >= 0.6 is 15.9 Å². The maximum Gasteiger partial charge on any atom is 0.312 e. The molecule has 0 fully saturated rings. The minimum atomic E-state index is -0.645. The van der Waals surface area contributed by atoms with Crippen LogP contribution in [0.4, 0.5) is 10.1 Å². The lowest BCUT2D eigenvalue weighted by atomic mass is 10.2. The molecule has 21 heavy (non-hydrogen) atoms. The molecular formula is C14H8BrFN2O3. The smallest absolute Gasteiger partial charge is 0.312 e. The first kappa shape index (κ1) is 14.9. The zero-order chi connectivity index (χ0) is 15.4. The molecule has 0 radical (unpaired) electrons. The van der Waals surface area contributed by atoms with Gasteiger partial charge in [-0.15, -0.1) is 0 Å². The molecule has 0 saturated heterocycles. The molecule has 0 aliphatic heterocycles. The van der Waals surface area contributed by atoms with E-state index in [4.69, 9.17) is 10.00 Å². The van der Waals surface area contributed by atoms with Gasteiger partial charge < -0.3 is 4.74 Å². The Kier molecular flexibility index (Phi) is 4.50. The number of nitro benzene ring substituents is 1. The third-order valence-corrected chi connectivity index (χ3v) is 3.17. The van der Waals surface area contributed by atoms with Crippen LogP contribution in [-0.2, 0) is 6.61 Å². The van der Waals surface area contributed by atoms with Gasteiger partial charge in [0.25, 0.3) is 0 Å². The Morgan fingerprint density at radius 2 is 2.10 bits per heavy atom. The van der Waals surface area contributed by atoms with E-state index in [2.05, 4.69) is 15.9 Å². The second kappa shape index (κ2) is 6.33. The number of nitriles is 1. The molecule has 0 saturated carbocycles. The summed E-state index contributed by atoms with van der Waals surface area (Å²) in [7, 11) is 0. The van der Waals surface area contributed by atoms with Gasteiger partial charge in [0.1, 0.15) is 12.4 Å². The molecule has 2 rings (SSSR count). The third kappa shape index (κ3) is 3.55. The molecular weight excluding hydrogens is 343 g/mol. The van der Waals surface area contributed by atoms with E-state index in [1.165, 1.54) is 24.3 Å². The maximum absolute atomic E-state index is 13.6. The maximum atomic E-state index is 13.6. The Morgan fingerprint density at radius 3 is 2.76 bits per heavy atom. The summed E-state index contributed by atoms with van der Waals surface area (Å²) in [5, 5.41) is 19.7. The van der Waals surface area contributed by atoms with E-state index < -0.39 is 10.7 Å². The molecule has 0 atom stereocenters. The lowest BCUT2D eigenvalue weighted by Crippen LogP contribution is -2.01.